The van der Waals surface area contributed by atoms with Crippen LogP contribution in [0.25, 0.3) is 0 Å². The molecular weight excluding hydrogens is 266 g/mol. The second kappa shape index (κ2) is 6.33. The first-order valence-electron chi connectivity index (χ1n) is 7.28. The van der Waals surface area contributed by atoms with Gasteiger partial charge in [-0.05, 0) is 17.0 Å². The number of carbonyl (C=O) groups is 1. The Bertz CT molecular complexity index is 550. The molecule has 2 nitrogen and oxygen atoms in total. The largest absolute Gasteiger partial charge is 0.334 e. The highest BCUT2D eigenvalue weighted by Gasteiger charge is 2.27. The molecular formula is C17H20NOS+. The lowest BCUT2D eigenvalue weighted by Crippen LogP contribution is -3.10. The van der Waals surface area contributed by atoms with Crippen LogP contribution in [0.2, 0.25) is 0 Å². The van der Waals surface area contributed by atoms with E-state index in [0.29, 0.717) is 18.1 Å². The van der Waals surface area contributed by atoms with E-state index in [2.05, 4.69) is 30.3 Å². The Morgan fingerprint density at radius 2 is 2.05 bits per heavy atom. The number of nitrogens with one attached hydrogen (secondary N) is 1. The Morgan fingerprint density at radius 3 is 2.80 bits per heavy atom. The molecule has 2 heterocycles. The minimum absolute atomic E-state index is 0.302. The van der Waals surface area contributed by atoms with Crippen LogP contribution in [0.1, 0.15) is 34.0 Å². The lowest BCUT2D eigenvalue weighted by molar-refractivity contribution is -0.887. The highest BCUT2D eigenvalue weighted by Crippen LogP contribution is 2.19. The molecule has 3 rings (SSSR count). The summed E-state index contributed by atoms with van der Waals surface area (Å²) in [5.41, 5.74) is 1.45. The fourth-order valence-corrected chi connectivity index (χ4v) is 3.71. The topological polar surface area (TPSA) is 21.5 Å². The first-order chi connectivity index (χ1) is 9.83. The molecule has 104 valence electrons. The Hall–Kier alpha value is -1.45. The number of thiophene rings is 1. The number of quaternary nitrogens is 1. The maximum atomic E-state index is 12.0. The van der Waals surface area contributed by atoms with E-state index < -0.39 is 0 Å². The zero-order chi connectivity index (χ0) is 13.8. The van der Waals surface area contributed by atoms with Gasteiger partial charge in [0.25, 0.3) is 0 Å². The first kappa shape index (κ1) is 13.5. The third kappa shape index (κ3) is 3.17. The summed E-state index contributed by atoms with van der Waals surface area (Å²) in [6, 6.07) is 14.6. The van der Waals surface area contributed by atoms with E-state index in [0.717, 1.165) is 11.4 Å². The molecule has 1 aliphatic heterocycles. The highest BCUT2D eigenvalue weighted by atomic mass is 32.1. The van der Waals surface area contributed by atoms with Gasteiger partial charge in [0, 0.05) is 12.3 Å². The van der Waals surface area contributed by atoms with Gasteiger partial charge >= 0.3 is 0 Å². The van der Waals surface area contributed by atoms with Crippen molar-refractivity contribution in [3.63, 3.8) is 0 Å². The van der Waals surface area contributed by atoms with Crippen LogP contribution in [0, 0.1) is 0 Å². The fourth-order valence-electron chi connectivity index (χ4n) is 3.02. The third-order valence-corrected chi connectivity index (χ3v) is 5.06. The molecule has 0 radical (unpaired) electrons. The summed E-state index contributed by atoms with van der Waals surface area (Å²) in [6.07, 6.45) is 1.92. The summed E-state index contributed by atoms with van der Waals surface area (Å²) in [4.78, 5) is 14.5. The van der Waals surface area contributed by atoms with Crippen LogP contribution in [0.4, 0.5) is 0 Å². The minimum atomic E-state index is 0.302. The van der Waals surface area contributed by atoms with Crippen LogP contribution in [0.3, 0.4) is 0 Å². The predicted octanol–water partition coefficient (Wildman–Crippen LogP) is 2.39. The van der Waals surface area contributed by atoms with Crippen molar-refractivity contribution in [2.24, 2.45) is 0 Å². The summed E-state index contributed by atoms with van der Waals surface area (Å²) in [6.45, 7) is 3.33. The van der Waals surface area contributed by atoms with Gasteiger partial charge in [0.05, 0.1) is 30.9 Å². The van der Waals surface area contributed by atoms with Crippen molar-refractivity contribution < 1.29 is 9.69 Å². The number of ketones is 1. The molecule has 2 aromatic rings. The molecule has 0 saturated carbocycles. The molecule has 3 heteroatoms. The predicted molar refractivity (Wildman–Crippen MR) is 82.6 cm³/mol. The molecule has 0 spiro atoms. The fraction of sp³-hybridized carbons (Fsp3) is 0.353. The van der Waals surface area contributed by atoms with Crippen molar-refractivity contribution in [1.29, 1.82) is 0 Å². The Balaban J connectivity index is 1.50. The average Bonchev–Trinajstić information content (AvgIpc) is 3.17. The summed E-state index contributed by atoms with van der Waals surface area (Å²) < 4.78 is 0. The molecule has 0 bridgehead atoms. The number of likely N-dealkylation sites (tertiary alicyclic amines) is 1. The van der Waals surface area contributed by atoms with E-state index in [-0.39, 0.29) is 0 Å². The second-order valence-corrected chi connectivity index (χ2v) is 6.45. The van der Waals surface area contributed by atoms with E-state index in [1.807, 2.05) is 17.5 Å². The number of Topliss-reactive ketones (excluding diaryl/α,β-unsaturated/α-hetero) is 1. The lowest BCUT2D eigenvalue weighted by Gasteiger charge is -2.12. The second-order valence-electron chi connectivity index (χ2n) is 5.50. The summed E-state index contributed by atoms with van der Waals surface area (Å²) >= 11 is 1.55. The summed E-state index contributed by atoms with van der Waals surface area (Å²) in [5.74, 6) is 0.971. The molecule has 1 unspecified atom stereocenters. The average molecular weight is 286 g/mol. The van der Waals surface area contributed by atoms with Gasteiger partial charge in [-0.2, -0.15) is 0 Å². The number of benzene rings is 1. The Labute approximate surface area is 124 Å². The molecule has 2 atom stereocenters. The number of carbonyl (C=O) groups excluding carboxylic acids is 1. The van der Waals surface area contributed by atoms with Gasteiger partial charge < -0.3 is 4.90 Å². The van der Waals surface area contributed by atoms with Crippen molar-refractivity contribution in [2.45, 2.75) is 18.8 Å². The van der Waals surface area contributed by atoms with Crippen LogP contribution < -0.4 is 4.90 Å². The number of hydrogen-bond acceptors (Lipinski definition) is 2. The monoisotopic (exact) mass is 286 g/mol. The van der Waals surface area contributed by atoms with E-state index in [1.165, 1.54) is 25.1 Å². The summed E-state index contributed by atoms with van der Waals surface area (Å²) in [5, 5.41) is 1.97. The van der Waals surface area contributed by atoms with Gasteiger partial charge in [-0.25, -0.2) is 0 Å². The standard InChI is InChI=1S/C17H19NOS/c19-16(17-7-4-12-20-17)9-11-18-10-8-15(13-18)14-5-2-1-3-6-14/h1-7,12,15H,8-11,13H2/p+1/t15-/m0/s1. The Morgan fingerprint density at radius 1 is 1.20 bits per heavy atom. The van der Waals surface area contributed by atoms with Gasteiger partial charge in [0.15, 0.2) is 5.78 Å². The molecule has 20 heavy (non-hydrogen) atoms. The van der Waals surface area contributed by atoms with Gasteiger partial charge in [0.2, 0.25) is 0 Å². The molecule has 1 fully saturated rings. The van der Waals surface area contributed by atoms with Gasteiger partial charge in [0.1, 0.15) is 0 Å². The maximum Gasteiger partial charge on any atom is 0.178 e. The summed E-state index contributed by atoms with van der Waals surface area (Å²) in [7, 11) is 0. The zero-order valence-corrected chi connectivity index (χ0v) is 12.4. The normalized spacial score (nSPS) is 22.0. The number of rotatable bonds is 5. The third-order valence-electron chi connectivity index (χ3n) is 4.15. The minimum Gasteiger partial charge on any atom is -0.334 e. The first-order valence-corrected chi connectivity index (χ1v) is 8.16. The Kier molecular flexibility index (Phi) is 4.28. The van der Waals surface area contributed by atoms with Crippen LogP contribution in [-0.4, -0.2) is 25.4 Å². The van der Waals surface area contributed by atoms with Crippen molar-refractivity contribution >= 4 is 17.1 Å². The molecule has 1 saturated heterocycles. The van der Waals surface area contributed by atoms with E-state index in [9.17, 15) is 4.79 Å². The van der Waals surface area contributed by atoms with Crippen molar-refractivity contribution in [3.05, 3.63) is 58.3 Å². The molecule has 0 aliphatic carbocycles. The van der Waals surface area contributed by atoms with E-state index >= 15 is 0 Å². The van der Waals surface area contributed by atoms with E-state index in [1.54, 1.807) is 16.2 Å². The molecule has 1 N–H and O–H groups in total. The zero-order valence-electron chi connectivity index (χ0n) is 11.5. The van der Waals surface area contributed by atoms with Crippen molar-refractivity contribution in [1.82, 2.24) is 0 Å². The smallest absolute Gasteiger partial charge is 0.178 e. The van der Waals surface area contributed by atoms with Crippen molar-refractivity contribution in [3.8, 4) is 0 Å². The van der Waals surface area contributed by atoms with Gasteiger partial charge in [-0.15, -0.1) is 11.3 Å². The lowest BCUT2D eigenvalue weighted by atomic mass is 9.99. The molecule has 1 aliphatic rings. The van der Waals surface area contributed by atoms with Gasteiger partial charge in [-0.1, -0.05) is 36.4 Å². The van der Waals surface area contributed by atoms with Crippen LogP contribution in [-0.2, 0) is 0 Å². The molecule has 1 aromatic heterocycles. The van der Waals surface area contributed by atoms with Crippen LogP contribution >= 0.6 is 11.3 Å². The van der Waals surface area contributed by atoms with Crippen LogP contribution in [0.15, 0.2) is 47.8 Å². The number of hydrogen-bond donors (Lipinski definition) is 1. The van der Waals surface area contributed by atoms with E-state index in [4.69, 9.17) is 0 Å². The maximum absolute atomic E-state index is 12.0. The SMILES string of the molecule is O=C(CC[NH+]1CC[C@H](c2ccccc2)C1)c1cccs1. The van der Waals surface area contributed by atoms with Crippen LogP contribution in [0.5, 0.6) is 0 Å². The van der Waals surface area contributed by atoms with Gasteiger partial charge in [-0.3, -0.25) is 4.79 Å². The molecule has 0 amide bonds. The van der Waals surface area contributed by atoms with Crippen molar-refractivity contribution in [2.75, 3.05) is 19.6 Å². The molecule has 1 aromatic carbocycles. The quantitative estimate of drug-likeness (QED) is 0.838. The highest BCUT2D eigenvalue weighted by molar-refractivity contribution is 7.12.